The van der Waals surface area contributed by atoms with E-state index in [1.807, 2.05) is 25.1 Å². The Bertz CT molecular complexity index is 582. The smallest absolute Gasteiger partial charge is 0.141 e. The Morgan fingerprint density at radius 1 is 1.11 bits per heavy atom. The first-order valence-electron chi connectivity index (χ1n) is 5.64. The summed E-state index contributed by atoms with van der Waals surface area (Å²) < 4.78 is 6.58. The summed E-state index contributed by atoms with van der Waals surface area (Å²) in [6.45, 7) is 1.93. The van der Waals surface area contributed by atoms with E-state index in [0.717, 1.165) is 10.0 Å². The summed E-state index contributed by atoms with van der Waals surface area (Å²) in [4.78, 5) is 0. The summed E-state index contributed by atoms with van der Waals surface area (Å²) in [5.74, 6) is 1.27. The fourth-order valence-corrected chi connectivity index (χ4v) is 2.58. The average molecular weight is 361 g/mol. The van der Waals surface area contributed by atoms with Gasteiger partial charge < -0.3 is 10.5 Å². The zero-order valence-corrected chi connectivity index (χ0v) is 13.3. The largest absolute Gasteiger partial charge is 0.456 e. The number of rotatable bonds is 3. The highest BCUT2D eigenvalue weighted by Crippen LogP contribution is 2.33. The highest BCUT2D eigenvalue weighted by Gasteiger charge is 2.07. The molecule has 0 aliphatic rings. The van der Waals surface area contributed by atoms with Crippen molar-refractivity contribution in [3.63, 3.8) is 0 Å². The summed E-state index contributed by atoms with van der Waals surface area (Å²) in [7, 11) is 0. The fraction of sp³-hybridized carbons (Fsp3) is 0.143. The van der Waals surface area contributed by atoms with E-state index in [1.165, 1.54) is 0 Å². The molecule has 1 atom stereocenters. The predicted octanol–water partition coefficient (Wildman–Crippen LogP) is 5.57. The average Bonchev–Trinajstić information content (AvgIpc) is 2.30. The van der Waals surface area contributed by atoms with Gasteiger partial charge in [0.05, 0.1) is 4.47 Å². The molecule has 100 valence electrons. The quantitative estimate of drug-likeness (QED) is 0.776. The molecule has 0 unspecified atom stereocenters. The summed E-state index contributed by atoms with van der Waals surface area (Å²) in [5, 5.41) is 1.07. The molecule has 0 radical (unpaired) electrons. The molecular formula is C14H12BrCl2NO. The molecule has 0 spiro atoms. The van der Waals surface area contributed by atoms with Gasteiger partial charge in [-0.25, -0.2) is 0 Å². The lowest BCUT2D eigenvalue weighted by atomic mass is 10.1. The lowest BCUT2D eigenvalue weighted by Gasteiger charge is -2.11. The molecule has 0 aliphatic carbocycles. The third-order valence-electron chi connectivity index (χ3n) is 2.55. The molecule has 0 bridgehead atoms. The first-order valence-corrected chi connectivity index (χ1v) is 7.19. The highest BCUT2D eigenvalue weighted by molar-refractivity contribution is 9.10. The van der Waals surface area contributed by atoms with Gasteiger partial charge in [0.15, 0.2) is 0 Å². The summed E-state index contributed by atoms with van der Waals surface area (Å²) >= 11 is 15.3. The maximum absolute atomic E-state index is 5.93. The molecule has 19 heavy (non-hydrogen) atoms. The van der Waals surface area contributed by atoms with Crippen molar-refractivity contribution in [2.24, 2.45) is 5.73 Å². The standard InChI is InChI=1S/C14H12BrCl2NO/c1-8(18)9-2-3-14(13(15)4-9)19-12-6-10(16)5-11(17)7-12/h2-8H,18H2,1H3/t8-/m1/s1. The van der Waals surface area contributed by atoms with E-state index in [4.69, 9.17) is 33.7 Å². The van der Waals surface area contributed by atoms with Gasteiger partial charge in [-0.3, -0.25) is 0 Å². The summed E-state index contributed by atoms with van der Waals surface area (Å²) in [5.41, 5.74) is 6.86. The second kappa shape index (κ2) is 6.14. The van der Waals surface area contributed by atoms with Gasteiger partial charge >= 0.3 is 0 Å². The number of hydrogen-bond acceptors (Lipinski definition) is 2. The molecular weight excluding hydrogens is 349 g/mol. The number of halogens is 3. The molecule has 2 nitrogen and oxygen atoms in total. The van der Waals surface area contributed by atoms with Crippen LogP contribution in [-0.2, 0) is 0 Å². The van der Waals surface area contributed by atoms with E-state index in [1.54, 1.807) is 18.2 Å². The van der Waals surface area contributed by atoms with Crippen LogP contribution in [-0.4, -0.2) is 0 Å². The zero-order chi connectivity index (χ0) is 14.0. The van der Waals surface area contributed by atoms with Gasteiger partial charge in [0.1, 0.15) is 11.5 Å². The van der Waals surface area contributed by atoms with E-state index in [9.17, 15) is 0 Å². The van der Waals surface area contributed by atoms with Crippen molar-refractivity contribution >= 4 is 39.1 Å². The molecule has 0 aliphatic heterocycles. The van der Waals surface area contributed by atoms with Crippen LogP contribution in [0.5, 0.6) is 11.5 Å². The van der Waals surface area contributed by atoms with Crippen molar-refractivity contribution in [3.05, 3.63) is 56.5 Å². The number of hydrogen-bond donors (Lipinski definition) is 1. The van der Waals surface area contributed by atoms with E-state index in [-0.39, 0.29) is 6.04 Å². The van der Waals surface area contributed by atoms with Gasteiger partial charge in [0.25, 0.3) is 0 Å². The van der Waals surface area contributed by atoms with Crippen molar-refractivity contribution in [2.75, 3.05) is 0 Å². The van der Waals surface area contributed by atoms with Crippen molar-refractivity contribution in [2.45, 2.75) is 13.0 Å². The molecule has 0 fully saturated rings. The minimum Gasteiger partial charge on any atom is -0.456 e. The van der Waals surface area contributed by atoms with Crippen molar-refractivity contribution in [1.82, 2.24) is 0 Å². The van der Waals surface area contributed by atoms with Crippen molar-refractivity contribution in [1.29, 1.82) is 0 Å². The van der Waals surface area contributed by atoms with Crippen LogP contribution in [0.3, 0.4) is 0 Å². The maximum Gasteiger partial charge on any atom is 0.141 e. The molecule has 0 saturated carbocycles. The number of benzene rings is 2. The molecule has 0 heterocycles. The van der Waals surface area contributed by atoms with Crippen LogP contribution in [0.4, 0.5) is 0 Å². The minimum absolute atomic E-state index is 0.0223. The third-order valence-corrected chi connectivity index (χ3v) is 3.60. The Hall–Kier alpha value is -0.740. The van der Waals surface area contributed by atoms with E-state index < -0.39 is 0 Å². The van der Waals surface area contributed by atoms with Gasteiger partial charge in [-0.15, -0.1) is 0 Å². The van der Waals surface area contributed by atoms with E-state index >= 15 is 0 Å². The van der Waals surface area contributed by atoms with Crippen LogP contribution in [0.1, 0.15) is 18.5 Å². The molecule has 0 saturated heterocycles. The topological polar surface area (TPSA) is 35.2 Å². The SMILES string of the molecule is C[C@@H](N)c1ccc(Oc2cc(Cl)cc(Cl)c2)c(Br)c1. The van der Waals surface area contributed by atoms with E-state index in [2.05, 4.69) is 15.9 Å². The van der Waals surface area contributed by atoms with Crippen LogP contribution >= 0.6 is 39.1 Å². The zero-order valence-electron chi connectivity index (χ0n) is 10.2. The highest BCUT2D eigenvalue weighted by atomic mass is 79.9. The Morgan fingerprint density at radius 3 is 2.26 bits per heavy atom. The minimum atomic E-state index is -0.0223. The normalized spacial score (nSPS) is 12.3. The molecule has 2 rings (SSSR count). The molecule has 0 amide bonds. The molecule has 5 heteroatoms. The van der Waals surface area contributed by atoms with Crippen LogP contribution in [0.25, 0.3) is 0 Å². The second-order valence-corrected chi connectivity index (χ2v) is 5.91. The fourth-order valence-electron chi connectivity index (χ4n) is 1.60. The lowest BCUT2D eigenvalue weighted by Crippen LogP contribution is -2.04. The Morgan fingerprint density at radius 2 is 1.74 bits per heavy atom. The second-order valence-electron chi connectivity index (χ2n) is 4.19. The van der Waals surface area contributed by atoms with Crippen LogP contribution in [0.2, 0.25) is 10.0 Å². The Kier molecular flexibility index (Phi) is 4.74. The molecule has 2 N–H and O–H groups in total. The van der Waals surface area contributed by atoms with Crippen LogP contribution in [0, 0.1) is 0 Å². The predicted molar refractivity (Wildman–Crippen MR) is 83.3 cm³/mol. The maximum atomic E-state index is 5.93. The molecule has 2 aromatic carbocycles. The number of ether oxygens (including phenoxy) is 1. The number of nitrogens with two attached hydrogens (primary N) is 1. The van der Waals surface area contributed by atoms with Crippen molar-refractivity contribution < 1.29 is 4.74 Å². The van der Waals surface area contributed by atoms with Crippen LogP contribution < -0.4 is 10.5 Å². The molecule has 0 aromatic heterocycles. The van der Waals surface area contributed by atoms with Gasteiger partial charge in [-0.05, 0) is 58.7 Å². The van der Waals surface area contributed by atoms with Gasteiger partial charge in [0, 0.05) is 16.1 Å². The Labute approximate surface area is 130 Å². The van der Waals surface area contributed by atoms with Gasteiger partial charge in [-0.1, -0.05) is 29.3 Å². The lowest BCUT2D eigenvalue weighted by molar-refractivity contribution is 0.479. The Balaban J connectivity index is 2.28. The first kappa shape index (κ1) is 14.7. The van der Waals surface area contributed by atoms with Gasteiger partial charge in [-0.2, -0.15) is 0 Å². The van der Waals surface area contributed by atoms with Gasteiger partial charge in [0.2, 0.25) is 0 Å². The van der Waals surface area contributed by atoms with Crippen molar-refractivity contribution in [3.8, 4) is 11.5 Å². The van der Waals surface area contributed by atoms with E-state index in [0.29, 0.717) is 21.5 Å². The molecule has 2 aromatic rings. The summed E-state index contributed by atoms with van der Waals surface area (Å²) in [6.07, 6.45) is 0. The third kappa shape index (κ3) is 3.86. The van der Waals surface area contributed by atoms with Crippen LogP contribution in [0.15, 0.2) is 40.9 Å². The first-order chi connectivity index (χ1) is 8.95. The summed E-state index contributed by atoms with van der Waals surface area (Å²) in [6, 6.07) is 10.8. The monoisotopic (exact) mass is 359 g/mol.